The Balaban J connectivity index is 1.65. The van der Waals surface area contributed by atoms with Crippen molar-refractivity contribution in [2.24, 2.45) is 5.92 Å². The number of furan rings is 1. The number of rotatable bonds is 6. The van der Waals surface area contributed by atoms with E-state index in [4.69, 9.17) is 8.94 Å². The summed E-state index contributed by atoms with van der Waals surface area (Å²) in [7, 11) is -3.91. The molecule has 3 heterocycles. The molecular weight excluding hydrogens is 380 g/mol. The second kappa shape index (κ2) is 6.92. The van der Waals surface area contributed by atoms with Gasteiger partial charge in [0.1, 0.15) is 5.82 Å². The van der Waals surface area contributed by atoms with Crippen molar-refractivity contribution in [1.82, 2.24) is 19.8 Å². The van der Waals surface area contributed by atoms with Crippen LogP contribution in [-0.2, 0) is 10.0 Å². The molecule has 0 aliphatic heterocycles. The molecule has 146 valence electrons. The summed E-state index contributed by atoms with van der Waals surface area (Å²) in [5.74, 6) is 1.16. The molecular formula is C19H20N4O4S. The van der Waals surface area contributed by atoms with Gasteiger partial charge in [-0.3, -0.25) is 0 Å². The van der Waals surface area contributed by atoms with Gasteiger partial charge in [0.05, 0.1) is 23.3 Å². The van der Waals surface area contributed by atoms with Gasteiger partial charge in [0, 0.05) is 6.07 Å². The molecule has 4 rings (SSSR count). The summed E-state index contributed by atoms with van der Waals surface area (Å²) in [5.41, 5.74) is 2.75. The molecule has 0 aliphatic rings. The fourth-order valence-corrected chi connectivity index (χ4v) is 4.24. The van der Waals surface area contributed by atoms with Gasteiger partial charge >= 0.3 is 0 Å². The van der Waals surface area contributed by atoms with Gasteiger partial charge in [0.15, 0.2) is 5.76 Å². The van der Waals surface area contributed by atoms with Crippen LogP contribution in [0.4, 0.5) is 0 Å². The zero-order chi connectivity index (χ0) is 19.9. The van der Waals surface area contributed by atoms with E-state index in [1.54, 1.807) is 6.07 Å². The molecule has 3 aromatic heterocycles. The number of aromatic nitrogens is 3. The first-order valence-corrected chi connectivity index (χ1v) is 10.3. The fraction of sp³-hybridized carbons (Fsp3) is 0.263. The van der Waals surface area contributed by atoms with Crippen LogP contribution in [0.3, 0.4) is 0 Å². The standard InChI is InChI=1S/C19H20N4O4S/c1-11(2)18(19-21-13-5-4-12(3)10-14(13)22-19)23-28(24,25)17-7-6-15(26-17)16-8-9-20-27-16/h4-11,18,23H,1-3H3,(H,21,22)/t18-/m1/s1. The van der Waals surface area contributed by atoms with Crippen LogP contribution in [0.15, 0.2) is 56.6 Å². The maximum atomic E-state index is 12.9. The van der Waals surface area contributed by atoms with E-state index in [1.807, 2.05) is 39.0 Å². The lowest BCUT2D eigenvalue weighted by atomic mass is 10.1. The third-order valence-electron chi connectivity index (χ3n) is 4.43. The number of H-pyrrole nitrogens is 1. The van der Waals surface area contributed by atoms with Gasteiger partial charge in [-0.15, -0.1) is 0 Å². The van der Waals surface area contributed by atoms with Crippen LogP contribution in [0.5, 0.6) is 0 Å². The quantitative estimate of drug-likeness (QED) is 0.509. The fourth-order valence-electron chi connectivity index (χ4n) is 2.96. The van der Waals surface area contributed by atoms with Gasteiger partial charge < -0.3 is 13.9 Å². The maximum absolute atomic E-state index is 12.9. The van der Waals surface area contributed by atoms with Crippen molar-refractivity contribution in [3.05, 3.63) is 54.0 Å². The monoisotopic (exact) mass is 400 g/mol. The average molecular weight is 400 g/mol. The molecule has 0 spiro atoms. The van der Waals surface area contributed by atoms with E-state index in [1.165, 1.54) is 18.3 Å². The van der Waals surface area contributed by atoms with Crippen LogP contribution in [0.25, 0.3) is 22.6 Å². The van der Waals surface area contributed by atoms with Crippen molar-refractivity contribution in [1.29, 1.82) is 0 Å². The molecule has 0 unspecified atom stereocenters. The molecule has 4 aromatic rings. The highest BCUT2D eigenvalue weighted by Gasteiger charge is 2.29. The van der Waals surface area contributed by atoms with Gasteiger partial charge in [-0.05, 0) is 42.7 Å². The Hall–Kier alpha value is -2.91. The highest BCUT2D eigenvalue weighted by Crippen LogP contribution is 2.28. The number of sulfonamides is 1. The number of nitrogens with one attached hydrogen (secondary N) is 2. The number of fused-ring (bicyclic) bond motifs is 1. The maximum Gasteiger partial charge on any atom is 0.274 e. The van der Waals surface area contributed by atoms with E-state index in [2.05, 4.69) is 19.8 Å². The number of benzene rings is 1. The first-order chi connectivity index (χ1) is 13.3. The summed E-state index contributed by atoms with van der Waals surface area (Å²) in [4.78, 5) is 7.79. The molecule has 28 heavy (non-hydrogen) atoms. The molecule has 1 atom stereocenters. The van der Waals surface area contributed by atoms with Crippen molar-refractivity contribution in [3.63, 3.8) is 0 Å². The van der Waals surface area contributed by atoms with Crippen LogP contribution < -0.4 is 4.72 Å². The normalized spacial score (nSPS) is 13.4. The minimum atomic E-state index is -3.91. The van der Waals surface area contributed by atoms with E-state index in [9.17, 15) is 8.42 Å². The van der Waals surface area contributed by atoms with E-state index in [-0.39, 0.29) is 16.8 Å². The molecule has 8 nitrogen and oxygen atoms in total. The lowest BCUT2D eigenvalue weighted by Gasteiger charge is -2.19. The number of hydrogen-bond donors (Lipinski definition) is 2. The van der Waals surface area contributed by atoms with Crippen molar-refractivity contribution in [2.75, 3.05) is 0 Å². The van der Waals surface area contributed by atoms with Gasteiger partial charge in [0.25, 0.3) is 10.0 Å². The topological polar surface area (TPSA) is 114 Å². The van der Waals surface area contributed by atoms with Gasteiger partial charge in [-0.1, -0.05) is 25.1 Å². The van der Waals surface area contributed by atoms with E-state index in [0.29, 0.717) is 11.6 Å². The third kappa shape index (κ3) is 3.46. The summed E-state index contributed by atoms with van der Waals surface area (Å²) >= 11 is 0. The summed E-state index contributed by atoms with van der Waals surface area (Å²) in [5, 5.41) is 3.40. The summed E-state index contributed by atoms with van der Waals surface area (Å²) in [6.45, 7) is 5.84. The molecule has 0 radical (unpaired) electrons. The number of aromatic amines is 1. The molecule has 1 aromatic carbocycles. The first kappa shape index (κ1) is 18.5. The van der Waals surface area contributed by atoms with Crippen molar-refractivity contribution in [2.45, 2.75) is 31.9 Å². The van der Waals surface area contributed by atoms with Crippen LogP contribution in [0.1, 0.15) is 31.3 Å². The minimum Gasteiger partial charge on any atom is -0.440 e. The van der Waals surface area contributed by atoms with Crippen LogP contribution in [0.2, 0.25) is 0 Å². The van der Waals surface area contributed by atoms with E-state index >= 15 is 0 Å². The number of nitrogens with zero attached hydrogens (tertiary/aromatic N) is 2. The highest BCUT2D eigenvalue weighted by atomic mass is 32.2. The smallest absolute Gasteiger partial charge is 0.274 e. The summed E-state index contributed by atoms with van der Waals surface area (Å²) in [6.07, 6.45) is 1.46. The minimum absolute atomic E-state index is 0.0415. The molecule has 0 fully saturated rings. The predicted octanol–water partition coefficient (Wildman–Crippen LogP) is 3.79. The van der Waals surface area contributed by atoms with Crippen molar-refractivity contribution < 1.29 is 17.4 Å². The third-order valence-corrected chi connectivity index (χ3v) is 5.74. The SMILES string of the molecule is Cc1ccc2nc([C@H](NS(=O)(=O)c3ccc(-c4ccno4)o3)C(C)C)[nH]c2c1. The van der Waals surface area contributed by atoms with Gasteiger partial charge in [-0.2, -0.15) is 4.72 Å². The lowest BCUT2D eigenvalue weighted by Crippen LogP contribution is -2.32. The second-order valence-corrected chi connectivity index (χ2v) is 8.63. The van der Waals surface area contributed by atoms with Gasteiger partial charge in [0.2, 0.25) is 10.9 Å². The Morgan fingerprint density at radius 2 is 1.93 bits per heavy atom. The Morgan fingerprint density at radius 3 is 2.64 bits per heavy atom. The first-order valence-electron chi connectivity index (χ1n) is 8.83. The van der Waals surface area contributed by atoms with E-state index in [0.717, 1.165) is 16.6 Å². The zero-order valence-corrected chi connectivity index (χ0v) is 16.4. The Labute approximate surface area is 162 Å². The molecule has 0 amide bonds. The Kier molecular flexibility index (Phi) is 4.56. The Bertz CT molecular complexity index is 1210. The van der Waals surface area contributed by atoms with Gasteiger partial charge in [-0.25, -0.2) is 13.4 Å². The number of hydrogen-bond acceptors (Lipinski definition) is 6. The average Bonchev–Trinajstić information content (AvgIpc) is 3.37. The molecule has 0 saturated carbocycles. The van der Waals surface area contributed by atoms with Crippen molar-refractivity contribution in [3.8, 4) is 11.5 Å². The largest absolute Gasteiger partial charge is 0.440 e. The molecule has 9 heteroatoms. The van der Waals surface area contributed by atoms with Crippen LogP contribution in [0, 0.1) is 12.8 Å². The van der Waals surface area contributed by atoms with Crippen molar-refractivity contribution >= 4 is 21.1 Å². The number of aryl methyl sites for hydroxylation is 1. The molecule has 0 aliphatic carbocycles. The molecule has 0 saturated heterocycles. The lowest BCUT2D eigenvalue weighted by molar-refractivity contribution is 0.395. The molecule has 0 bridgehead atoms. The summed E-state index contributed by atoms with van der Waals surface area (Å²) < 4.78 is 38.9. The highest BCUT2D eigenvalue weighted by molar-refractivity contribution is 7.89. The molecule has 2 N–H and O–H groups in total. The number of imidazole rings is 1. The van der Waals surface area contributed by atoms with E-state index < -0.39 is 16.1 Å². The Morgan fingerprint density at radius 1 is 1.11 bits per heavy atom. The zero-order valence-electron chi connectivity index (χ0n) is 15.6. The van der Waals surface area contributed by atoms with Crippen LogP contribution in [-0.4, -0.2) is 23.5 Å². The predicted molar refractivity (Wildman–Crippen MR) is 103 cm³/mol. The van der Waals surface area contributed by atoms with Crippen LogP contribution >= 0.6 is 0 Å². The summed E-state index contributed by atoms with van der Waals surface area (Å²) in [6, 6.07) is 9.83. The second-order valence-electron chi connectivity index (χ2n) is 6.98.